The van der Waals surface area contributed by atoms with Gasteiger partial charge in [0.2, 0.25) is 0 Å². The molecule has 1 saturated heterocycles. The monoisotopic (exact) mass is 363 g/mol. The van der Waals surface area contributed by atoms with Crippen molar-refractivity contribution in [3.05, 3.63) is 46.4 Å². The first-order valence-corrected chi connectivity index (χ1v) is 8.38. The van der Waals surface area contributed by atoms with Crippen molar-refractivity contribution in [3.63, 3.8) is 0 Å². The van der Waals surface area contributed by atoms with E-state index in [1.54, 1.807) is 16.9 Å². The third-order valence-electron chi connectivity index (χ3n) is 4.68. The van der Waals surface area contributed by atoms with E-state index >= 15 is 0 Å². The molecule has 0 unspecified atom stereocenters. The number of hydrogen-bond acceptors (Lipinski definition) is 4. The zero-order valence-corrected chi connectivity index (χ0v) is 15.6. The fourth-order valence-corrected chi connectivity index (χ4v) is 2.52. The third-order valence-corrected chi connectivity index (χ3v) is 5.11. The smallest absolute Gasteiger partial charge is 0.398 e. The summed E-state index contributed by atoms with van der Waals surface area (Å²) in [4.78, 5) is 0. The van der Waals surface area contributed by atoms with Crippen molar-refractivity contribution in [3.8, 4) is 5.69 Å². The quantitative estimate of drug-likeness (QED) is 0.768. The Morgan fingerprint density at radius 1 is 1.24 bits per heavy atom. The van der Waals surface area contributed by atoms with Crippen LogP contribution in [0.5, 0.6) is 0 Å². The van der Waals surface area contributed by atoms with E-state index in [-0.39, 0.29) is 0 Å². The molecule has 0 N–H and O–H groups in total. The van der Waals surface area contributed by atoms with Crippen LogP contribution in [-0.4, -0.2) is 33.3 Å². The van der Waals surface area contributed by atoms with Crippen molar-refractivity contribution in [1.82, 2.24) is 15.0 Å². The minimum absolute atomic E-state index is 0.375. The Kier molecular flexibility index (Phi) is 4.51. The lowest BCUT2D eigenvalue weighted by Gasteiger charge is -2.32. The zero-order valence-electron chi connectivity index (χ0n) is 14.9. The molecule has 0 amide bonds. The summed E-state index contributed by atoms with van der Waals surface area (Å²) in [6.45, 7) is 9.40. The predicted octanol–water partition coefficient (Wildman–Crippen LogP) is 4.17. The van der Waals surface area contributed by atoms with Gasteiger partial charge in [0.05, 0.1) is 23.1 Å². The Balaban J connectivity index is 1.81. The van der Waals surface area contributed by atoms with Crippen molar-refractivity contribution in [2.75, 3.05) is 0 Å². The average molecular weight is 364 g/mol. The van der Waals surface area contributed by atoms with E-state index < -0.39 is 24.0 Å². The molecule has 1 aromatic heterocycles. The maximum Gasteiger partial charge on any atom is 0.525 e. The first-order valence-electron chi connectivity index (χ1n) is 8.01. The van der Waals surface area contributed by atoms with E-state index in [4.69, 9.17) is 20.9 Å². The van der Waals surface area contributed by atoms with Gasteiger partial charge in [-0.3, -0.25) is 0 Å². The Morgan fingerprint density at radius 2 is 1.88 bits per heavy atom. The summed E-state index contributed by atoms with van der Waals surface area (Å²) in [6.07, 6.45) is 2.90. The second-order valence-electron chi connectivity index (χ2n) is 7.14. The lowest BCUT2D eigenvalue weighted by atomic mass is 9.87. The molecule has 1 fully saturated rings. The molecule has 2 heterocycles. The molecule has 3 rings (SSSR count). The zero-order chi connectivity index (χ0) is 18.4. The van der Waals surface area contributed by atoms with E-state index in [1.807, 2.05) is 46.8 Å². The lowest BCUT2D eigenvalue weighted by molar-refractivity contribution is 0.00578. The van der Waals surface area contributed by atoms with Crippen molar-refractivity contribution in [1.29, 1.82) is 0 Å². The lowest BCUT2D eigenvalue weighted by Crippen LogP contribution is -2.41. The highest BCUT2D eigenvalue weighted by atomic mass is 35.5. The van der Waals surface area contributed by atoms with Crippen molar-refractivity contribution >= 4 is 24.8 Å². The molecule has 8 heteroatoms. The molecule has 2 aromatic rings. The summed E-state index contributed by atoms with van der Waals surface area (Å²) < 4.78 is 27.5. The average Bonchev–Trinajstić information content (AvgIpc) is 3.05. The highest BCUT2D eigenvalue weighted by Crippen LogP contribution is 2.39. The third kappa shape index (κ3) is 3.49. The fraction of sp³-hybridized carbons (Fsp3) is 0.412. The van der Waals surface area contributed by atoms with Gasteiger partial charge in [-0.1, -0.05) is 16.8 Å². The highest BCUT2D eigenvalue weighted by Gasteiger charge is 2.53. The molecule has 0 bridgehead atoms. The van der Waals surface area contributed by atoms with E-state index in [0.717, 1.165) is 11.3 Å². The molecule has 0 spiro atoms. The Bertz CT molecular complexity index is 819. The molecule has 1 aliphatic rings. The van der Waals surface area contributed by atoms with Gasteiger partial charge in [-0.2, -0.15) is 0 Å². The normalized spacial score (nSPS) is 19.5. The van der Waals surface area contributed by atoms with Crippen LogP contribution in [0.3, 0.4) is 0 Å². The molecule has 5 nitrogen and oxygen atoms in total. The Labute approximate surface area is 151 Å². The molecule has 0 aliphatic carbocycles. The first-order chi connectivity index (χ1) is 11.6. The number of aromatic nitrogens is 3. The molecule has 132 valence electrons. The van der Waals surface area contributed by atoms with Crippen molar-refractivity contribution < 1.29 is 13.7 Å². The van der Waals surface area contributed by atoms with E-state index in [9.17, 15) is 4.39 Å². The van der Waals surface area contributed by atoms with Crippen LogP contribution < -0.4 is 0 Å². The number of aryl methyl sites for hydroxylation is 1. The van der Waals surface area contributed by atoms with Gasteiger partial charge < -0.3 is 9.31 Å². The van der Waals surface area contributed by atoms with Crippen LogP contribution >= 0.6 is 11.6 Å². The Hall–Kier alpha value is -1.70. The summed E-state index contributed by atoms with van der Waals surface area (Å²) >= 11 is 6.03. The minimum atomic E-state index is -1.05. The summed E-state index contributed by atoms with van der Waals surface area (Å²) in [5, 5.41) is 8.68. The van der Waals surface area contributed by atoms with Gasteiger partial charge in [0.25, 0.3) is 0 Å². The molecule has 0 radical (unpaired) electrons. The first kappa shape index (κ1) is 18.1. The molecule has 0 atom stereocenters. The summed E-state index contributed by atoms with van der Waals surface area (Å²) in [7, 11) is -1.05. The van der Waals surface area contributed by atoms with Gasteiger partial charge in [0.15, 0.2) is 0 Å². The molecular weight excluding hydrogens is 343 g/mol. The van der Waals surface area contributed by atoms with Crippen LogP contribution in [0.25, 0.3) is 11.8 Å². The summed E-state index contributed by atoms with van der Waals surface area (Å²) in [5.74, 6) is 0. The predicted molar refractivity (Wildman–Crippen MR) is 96.3 cm³/mol. The molecule has 25 heavy (non-hydrogen) atoms. The molecule has 0 saturated carbocycles. The maximum absolute atomic E-state index is 14.5. The summed E-state index contributed by atoms with van der Waals surface area (Å²) in [6, 6.07) is 5.49. The van der Waals surface area contributed by atoms with Gasteiger partial charge in [0.1, 0.15) is 11.4 Å². The van der Waals surface area contributed by atoms with E-state index in [0.29, 0.717) is 10.7 Å². The van der Waals surface area contributed by atoms with E-state index in [2.05, 4.69) is 10.3 Å². The minimum Gasteiger partial charge on any atom is -0.398 e. The fourth-order valence-electron chi connectivity index (χ4n) is 2.41. The second-order valence-corrected chi connectivity index (χ2v) is 7.55. The number of rotatable bonds is 3. The second kappa shape index (κ2) is 6.23. The highest BCUT2D eigenvalue weighted by molar-refractivity contribution is 6.54. The molecular formula is C17H20BClFN3O2. The van der Waals surface area contributed by atoms with Gasteiger partial charge >= 0.3 is 7.12 Å². The standard InChI is InChI=1S/C17H20BClFN3O2/c1-11-8-13(6-7-14(11)19)23-10-12(21-22-23)9-15(20)18-24-16(2,3)17(4,5)25-18/h6-10H,1-5H3. The number of benzene rings is 1. The number of hydrogen-bond donors (Lipinski definition) is 0. The van der Waals surface area contributed by atoms with Crippen molar-refractivity contribution in [2.45, 2.75) is 45.8 Å². The maximum atomic E-state index is 14.5. The molecule has 1 aliphatic heterocycles. The van der Waals surface area contributed by atoms with Crippen LogP contribution in [-0.2, 0) is 9.31 Å². The van der Waals surface area contributed by atoms with E-state index in [1.165, 1.54) is 6.08 Å². The summed E-state index contributed by atoms with van der Waals surface area (Å²) in [5.41, 5.74) is 0.362. The number of halogens is 2. The largest absolute Gasteiger partial charge is 0.525 e. The SMILES string of the molecule is Cc1cc(-n2cc(C=C(F)B3OC(C)(C)C(C)(C)O3)nn2)ccc1Cl. The van der Waals surface area contributed by atoms with Crippen LogP contribution in [0.15, 0.2) is 30.1 Å². The van der Waals surface area contributed by atoms with Crippen LogP contribution in [0.4, 0.5) is 4.39 Å². The Morgan fingerprint density at radius 3 is 2.48 bits per heavy atom. The topological polar surface area (TPSA) is 49.2 Å². The van der Waals surface area contributed by atoms with Gasteiger partial charge in [-0.25, -0.2) is 9.07 Å². The van der Waals surface area contributed by atoms with Crippen LogP contribution in [0, 0.1) is 6.92 Å². The van der Waals surface area contributed by atoms with Gasteiger partial charge in [-0.05, 0) is 64.5 Å². The van der Waals surface area contributed by atoms with Crippen LogP contribution in [0.1, 0.15) is 39.0 Å². The van der Waals surface area contributed by atoms with Gasteiger partial charge in [0, 0.05) is 5.02 Å². The van der Waals surface area contributed by atoms with Crippen LogP contribution in [0.2, 0.25) is 5.02 Å². The van der Waals surface area contributed by atoms with Crippen molar-refractivity contribution in [2.24, 2.45) is 0 Å². The molecule has 1 aromatic carbocycles. The number of nitrogens with zero attached hydrogens (tertiary/aromatic N) is 3. The van der Waals surface area contributed by atoms with Gasteiger partial charge in [-0.15, -0.1) is 5.10 Å².